The van der Waals surface area contributed by atoms with E-state index in [1.807, 2.05) is 0 Å². The molecule has 1 nitrogen and oxygen atoms in total. The minimum atomic E-state index is 1.02. The number of allylic oxidation sites excluding steroid dienone is 3. The third-order valence-corrected chi connectivity index (χ3v) is 2.38. The van der Waals surface area contributed by atoms with E-state index in [0.29, 0.717) is 0 Å². The van der Waals surface area contributed by atoms with E-state index in [4.69, 9.17) is 0 Å². The Morgan fingerprint density at radius 2 is 1.60 bits per heavy atom. The lowest BCUT2D eigenvalue weighted by Gasteiger charge is -2.19. The number of hydrogen-bond donors (Lipinski definition) is 1. The Balaban J connectivity index is 3.01. The van der Waals surface area contributed by atoms with Gasteiger partial charge in [0.25, 0.3) is 0 Å². The Morgan fingerprint density at radius 3 is 2.10 bits per heavy atom. The third-order valence-electron chi connectivity index (χ3n) is 2.38. The zero-order valence-electron chi connectivity index (χ0n) is 7.21. The maximum atomic E-state index is 3.33. The molecular weight excluding hydrogens is 122 g/mol. The van der Waals surface area contributed by atoms with Crippen LogP contribution in [0.15, 0.2) is 22.4 Å². The fourth-order valence-electron chi connectivity index (χ4n) is 1.13. The largest absolute Gasteiger partial charge is 0.385 e. The molecule has 0 amide bonds. The molecule has 0 saturated carbocycles. The summed E-state index contributed by atoms with van der Waals surface area (Å²) in [6.07, 6.45) is 0. The van der Waals surface area contributed by atoms with Crippen LogP contribution >= 0.6 is 0 Å². The number of dihydropyridines is 1. The van der Waals surface area contributed by atoms with Crippen molar-refractivity contribution in [2.45, 2.75) is 27.7 Å². The highest BCUT2D eigenvalue weighted by molar-refractivity contribution is 5.38. The molecule has 10 heavy (non-hydrogen) atoms. The van der Waals surface area contributed by atoms with E-state index in [1.54, 1.807) is 0 Å². The Labute approximate surface area is 62.8 Å². The van der Waals surface area contributed by atoms with Gasteiger partial charge in [0, 0.05) is 12.2 Å². The summed E-state index contributed by atoms with van der Waals surface area (Å²) in [4.78, 5) is 0. The maximum Gasteiger partial charge on any atom is 0.0360 e. The fraction of sp³-hybridized carbons (Fsp3) is 0.556. The van der Waals surface area contributed by atoms with Gasteiger partial charge in [0.2, 0.25) is 0 Å². The summed E-state index contributed by atoms with van der Waals surface area (Å²) in [5, 5.41) is 3.33. The SMILES string of the molecule is CC1=C(C)C(C)=C(C)NC1. The quantitative estimate of drug-likeness (QED) is 0.540. The van der Waals surface area contributed by atoms with Gasteiger partial charge < -0.3 is 5.32 Å². The molecule has 1 N–H and O–H groups in total. The first-order chi connectivity index (χ1) is 4.63. The molecule has 1 aliphatic rings. The monoisotopic (exact) mass is 137 g/mol. The average molecular weight is 137 g/mol. The van der Waals surface area contributed by atoms with E-state index in [1.165, 1.54) is 22.4 Å². The standard InChI is InChI=1S/C9H15N/c1-6-5-10-9(4)8(3)7(6)2/h10H,5H2,1-4H3. The van der Waals surface area contributed by atoms with E-state index >= 15 is 0 Å². The molecule has 1 heterocycles. The molecule has 0 aromatic heterocycles. The van der Waals surface area contributed by atoms with Crippen LogP contribution < -0.4 is 5.32 Å². The summed E-state index contributed by atoms with van der Waals surface area (Å²) < 4.78 is 0. The van der Waals surface area contributed by atoms with Crippen molar-refractivity contribution in [2.75, 3.05) is 6.54 Å². The highest BCUT2D eigenvalue weighted by atomic mass is 14.9. The maximum absolute atomic E-state index is 3.33. The van der Waals surface area contributed by atoms with Crippen LogP contribution in [0.1, 0.15) is 27.7 Å². The summed E-state index contributed by atoms with van der Waals surface area (Å²) in [5.41, 5.74) is 5.64. The minimum absolute atomic E-state index is 1.02. The summed E-state index contributed by atoms with van der Waals surface area (Å²) in [6.45, 7) is 9.69. The molecule has 0 fully saturated rings. The Hall–Kier alpha value is -0.720. The van der Waals surface area contributed by atoms with Gasteiger partial charge in [0.05, 0.1) is 0 Å². The van der Waals surface area contributed by atoms with Crippen LogP contribution in [0.25, 0.3) is 0 Å². The van der Waals surface area contributed by atoms with Crippen LogP contribution in [-0.2, 0) is 0 Å². The lowest BCUT2D eigenvalue weighted by atomic mass is 9.99. The highest BCUT2D eigenvalue weighted by Crippen LogP contribution is 2.19. The summed E-state index contributed by atoms with van der Waals surface area (Å²) >= 11 is 0. The van der Waals surface area contributed by atoms with Gasteiger partial charge in [-0.15, -0.1) is 0 Å². The Morgan fingerprint density at radius 1 is 1.00 bits per heavy atom. The van der Waals surface area contributed by atoms with Crippen LogP contribution in [0.2, 0.25) is 0 Å². The molecule has 1 aliphatic heterocycles. The number of nitrogens with one attached hydrogen (secondary N) is 1. The van der Waals surface area contributed by atoms with Crippen LogP contribution in [0.5, 0.6) is 0 Å². The van der Waals surface area contributed by atoms with Crippen molar-refractivity contribution in [2.24, 2.45) is 0 Å². The van der Waals surface area contributed by atoms with Crippen molar-refractivity contribution in [3.63, 3.8) is 0 Å². The van der Waals surface area contributed by atoms with Crippen LogP contribution in [0, 0.1) is 0 Å². The predicted molar refractivity (Wildman–Crippen MR) is 44.8 cm³/mol. The minimum Gasteiger partial charge on any atom is -0.385 e. The second-order valence-corrected chi connectivity index (χ2v) is 3.01. The summed E-state index contributed by atoms with van der Waals surface area (Å²) in [6, 6.07) is 0. The Bertz CT molecular complexity index is 185. The first kappa shape index (κ1) is 7.39. The van der Waals surface area contributed by atoms with Crippen LogP contribution in [0.3, 0.4) is 0 Å². The zero-order valence-corrected chi connectivity index (χ0v) is 7.21. The van der Waals surface area contributed by atoms with Gasteiger partial charge >= 0.3 is 0 Å². The van der Waals surface area contributed by atoms with Gasteiger partial charge in [-0.05, 0) is 38.8 Å². The molecule has 0 bridgehead atoms. The predicted octanol–water partition coefficient (Wildman–Crippen LogP) is 2.22. The molecule has 0 aromatic carbocycles. The molecule has 0 aromatic rings. The third kappa shape index (κ3) is 1.08. The second kappa shape index (κ2) is 2.49. The normalized spacial score (nSPS) is 19.6. The number of hydrogen-bond acceptors (Lipinski definition) is 1. The number of rotatable bonds is 0. The molecular formula is C9H15N. The second-order valence-electron chi connectivity index (χ2n) is 3.01. The molecule has 0 atom stereocenters. The van der Waals surface area contributed by atoms with E-state index < -0.39 is 0 Å². The molecule has 56 valence electrons. The molecule has 0 spiro atoms. The van der Waals surface area contributed by atoms with Crippen molar-refractivity contribution in [1.82, 2.24) is 5.32 Å². The van der Waals surface area contributed by atoms with Gasteiger partial charge in [-0.1, -0.05) is 5.57 Å². The van der Waals surface area contributed by atoms with Gasteiger partial charge in [0.15, 0.2) is 0 Å². The van der Waals surface area contributed by atoms with Gasteiger partial charge in [-0.25, -0.2) is 0 Å². The van der Waals surface area contributed by atoms with E-state index in [-0.39, 0.29) is 0 Å². The van der Waals surface area contributed by atoms with Crippen molar-refractivity contribution >= 4 is 0 Å². The van der Waals surface area contributed by atoms with Crippen LogP contribution in [-0.4, -0.2) is 6.54 Å². The molecule has 0 saturated heterocycles. The van der Waals surface area contributed by atoms with E-state index in [0.717, 1.165) is 6.54 Å². The van der Waals surface area contributed by atoms with Crippen molar-refractivity contribution < 1.29 is 0 Å². The average Bonchev–Trinajstić information content (AvgIpc) is 1.93. The van der Waals surface area contributed by atoms with E-state index in [2.05, 4.69) is 33.0 Å². The first-order valence-corrected chi connectivity index (χ1v) is 3.71. The van der Waals surface area contributed by atoms with Crippen molar-refractivity contribution in [3.05, 3.63) is 22.4 Å². The topological polar surface area (TPSA) is 12.0 Å². The molecule has 1 heteroatoms. The van der Waals surface area contributed by atoms with Crippen molar-refractivity contribution in [3.8, 4) is 0 Å². The van der Waals surface area contributed by atoms with E-state index in [9.17, 15) is 0 Å². The summed E-state index contributed by atoms with van der Waals surface area (Å²) in [5.74, 6) is 0. The lowest BCUT2D eigenvalue weighted by molar-refractivity contribution is 0.818. The van der Waals surface area contributed by atoms with Crippen LogP contribution in [0.4, 0.5) is 0 Å². The highest BCUT2D eigenvalue weighted by Gasteiger charge is 2.07. The Kier molecular flexibility index (Phi) is 1.84. The first-order valence-electron chi connectivity index (χ1n) is 3.71. The summed E-state index contributed by atoms with van der Waals surface area (Å²) in [7, 11) is 0. The molecule has 0 unspecified atom stereocenters. The smallest absolute Gasteiger partial charge is 0.0360 e. The molecule has 0 radical (unpaired) electrons. The van der Waals surface area contributed by atoms with Gasteiger partial charge in [-0.2, -0.15) is 0 Å². The lowest BCUT2D eigenvalue weighted by Crippen LogP contribution is -2.20. The fourth-order valence-corrected chi connectivity index (χ4v) is 1.13. The zero-order chi connectivity index (χ0) is 7.72. The van der Waals surface area contributed by atoms with Crippen molar-refractivity contribution in [1.29, 1.82) is 0 Å². The van der Waals surface area contributed by atoms with Gasteiger partial charge in [-0.3, -0.25) is 0 Å². The molecule has 0 aliphatic carbocycles. The van der Waals surface area contributed by atoms with Gasteiger partial charge in [0.1, 0.15) is 0 Å². The molecule has 1 rings (SSSR count).